The van der Waals surface area contributed by atoms with Crippen LogP contribution in [0.5, 0.6) is 0 Å². The van der Waals surface area contributed by atoms with Gasteiger partial charge in [0.15, 0.2) is 0 Å². The van der Waals surface area contributed by atoms with Crippen LogP contribution >= 0.6 is 0 Å². The van der Waals surface area contributed by atoms with Crippen molar-refractivity contribution in [3.8, 4) is 0 Å². The Kier molecular flexibility index (Phi) is 2.77. The first-order chi connectivity index (χ1) is 9.08. The Hall–Kier alpha value is -1.91. The number of hydrogen-bond donors (Lipinski definition) is 1. The van der Waals surface area contributed by atoms with Crippen LogP contribution in [-0.2, 0) is 16.0 Å². The number of fused-ring (bicyclic) bond motifs is 1. The molecule has 1 aromatic carbocycles. The van der Waals surface area contributed by atoms with E-state index in [2.05, 4.69) is 0 Å². The Balaban J connectivity index is 1.84. The minimum Gasteiger partial charge on any atom is -0.481 e. The summed E-state index contributed by atoms with van der Waals surface area (Å²) in [5, 5.41) is 8.88. The van der Waals surface area contributed by atoms with Gasteiger partial charge in [0.2, 0.25) is 5.91 Å². The molecule has 1 amide bonds. The molecular weight excluding hydrogens is 249 g/mol. The van der Waals surface area contributed by atoms with Crippen LogP contribution in [0.1, 0.15) is 18.4 Å². The highest BCUT2D eigenvalue weighted by Gasteiger charge is 2.50. The lowest BCUT2D eigenvalue weighted by molar-refractivity contribution is -0.140. The maximum absolute atomic E-state index is 13.2. The molecule has 1 heterocycles. The second kappa shape index (κ2) is 4.33. The number of amides is 1. The third-order valence-corrected chi connectivity index (χ3v) is 3.85. The van der Waals surface area contributed by atoms with Crippen LogP contribution in [0.25, 0.3) is 0 Å². The summed E-state index contributed by atoms with van der Waals surface area (Å²) in [6.45, 7) is 0.584. The topological polar surface area (TPSA) is 57.6 Å². The van der Waals surface area contributed by atoms with Crippen LogP contribution < -0.4 is 4.90 Å². The van der Waals surface area contributed by atoms with E-state index in [-0.39, 0.29) is 11.7 Å². The lowest BCUT2D eigenvalue weighted by Crippen LogP contribution is -2.37. The molecule has 2 aliphatic rings. The van der Waals surface area contributed by atoms with Gasteiger partial charge in [-0.05, 0) is 43.0 Å². The Morgan fingerprint density at radius 3 is 2.79 bits per heavy atom. The van der Waals surface area contributed by atoms with Crippen LogP contribution in [0, 0.1) is 17.7 Å². The minimum atomic E-state index is -0.908. The van der Waals surface area contributed by atoms with Crippen molar-refractivity contribution < 1.29 is 19.1 Å². The van der Waals surface area contributed by atoms with E-state index in [0.29, 0.717) is 13.0 Å². The maximum atomic E-state index is 13.2. The van der Waals surface area contributed by atoms with E-state index < -0.39 is 17.8 Å². The van der Waals surface area contributed by atoms with Crippen molar-refractivity contribution in [1.29, 1.82) is 0 Å². The Morgan fingerprint density at radius 2 is 2.11 bits per heavy atom. The summed E-state index contributed by atoms with van der Waals surface area (Å²) >= 11 is 0. The Bertz CT molecular complexity index is 558. The monoisotopic (exact) mass is 263 g/mol. The summed E-state index contributed by atoms with van der Waals surface area (Å²) in [6.07, 6.45) is 1.96. The van der Waals surface area contributed by atoms with Crippen LogP contribution in [0.2, 0.25) is 0 Å². The van der Waals surface area contributed by atoms with Gasteiger partial charge in [-0.3, -0.25) is 9.59 Å². The van der Waals surface area contributed by atoms with E-state index in [4.69, 9.17) is 5.11 Å². The predicted molar refractivity (Wildman–Crippen MR) is 66.3 cm³/mol. The number of carbonyl (C=O) groups is 2. The molecule has 19 heavy (non-hydrogen) atoms. The zero-order valence-electron chi connectivity index (χ0n) is 10.3. The molecule has 1 aliphatic carbocycles. The fourth-order valence-corrected chi connectivity index (χ4v) is 2.74. The van der Waals surface area contributed by atoms with E-state index in [1.165, 1.54) is 12.1 Å². The summed E-state index contributed by atoms with van der Waals surface area (Å²) in [6, 6.07) is 4.41. The van der Waals surface area contributed by atoms with Gasteiger partial charge in [-0.15, -0.1) is 0 Å². The van der Waals surface area contributed by atoms with E-state index in [1.807, 2.05) is 0 Å². The van der Waals surface area contributed by atoms with Crippen LogP contribution in [0.15, 0.2) is 18.2 Å². The second-order valence-corrected chi connectivity index (χ2v) is 5.15. The third-order valence-electron chi connectivity index (χ3n) is 3.85. The van der Waals surface area contributed by atoms with Crippen molar-refractivity contribution in [2.75, 3.05) is 11.4 Å². The molecule has 1 fully saturated rings. The molecule has 0 unspecified atom stereocenters. The molecule has 5 heteroatoms. The Morgan fingerprint density at radius 1 is 1.32 bits per heavy atom. The molecule has 100 valence electrons. The number of anilines is 1. The molecule has 3 rings (SSSR count). The molecule has 1 aromatic rings. The van der Waals surface area contributed by atoms with Gasteiger partial charge in [-0.25, -0.2) is 4.39 Å². The van der Waals surface area contributed by atoms with Gasteiger partial charge in [0.25, 0.3) is 0 Å². The molecule has 2 atom stereocenters. The van der Waals surface area contributed by atoms with Gasteiger partial charge in [0, 0.05) is 12.2 Å². The molecule has 1 saturated carbocycles. The summed E-state index contributed by atoms with van der Waals surface area (Å²) in [4.78, 5) is 24.7. The van der Waals surface area contributed by atoms with Crippen LogP contribution in [-0.4, -0.2) is 23.5 Å². The zero-order chi connectivity index (χ0) is 13.6. The second-order valence-electron chi connectivity index (χ2n) is 5.15. The van der Waals surface area contributed by atoms with Gasteiger partial charge in [-0.1, -0.05) is 0 Å². The average molecular weight is 263 g/mol. The molecule has 0 saturated heterocycles. The molecule has 1 N–H and O–H groups in total. The third kappa shape index (κ3) is 2.09. The van der Waals surface area contributed by atoms with Gasteiger partial charge in [0.05, 0.1) is 11.8 Å². The lowest BCUT2D eigenvalue weighted by atomic mass is 10.0. The molecule has 0 aromatic heterocycles. The predicted octanol–water partition coefficient (Wildman–Crippen LogP) is 1.83. The van der Waals surface area contributed by atoms with Crippen LogP contribution in [0.3, 0.4) is 0 Å². The van der Waals surface area contributed by atoms with Gasteiger partial charge >= 0.3 is 5.97 Å². The quantitative estimate of drug-likeness (QED) is 0.885. The van der Waals surface area contributed by atoms with E-state index in [9.17, 15) is 14.0 Å². The van der Waals surface area contributed by atoms with Crippen molar-refractivity contribution in [2.45, 2.75) is 19.3 Å². The van der Waals surface area contributed by atoms with E-state index >= 15 is 0 Å². The van der Waals surface area contributed by atoms with Gasteiger partial charge < -0.3 is 10.0 Å². The number of aryl methyl sites for hydroxylation is 1. The summed E-state index contributed by atoms with van der Waals surface area (Å²) < 4.78 is 13.2. The number of carbonyl (C=O) groups excluding carboxylic acids is 1. The number of carboxylic acids is 1. The van der Waals surface area contributed by atoms with Crippen molar-refractivity contribution in [3.63, 3.8) is 0 Å². The number of rotatable bonds is 2. The standard InChI is InChI=1S/C14H14FNO3/c15-9-3-4-12-8(6-9)2-1-5-16(12)13(17)10-7-11(10)14(18)19/h3-4,6,10-11H,1-2,5,7H2,(H,18,19)/t10-,11+/m0/s1. The number of benzene rings is 1. The zero-order valence-corrected chi connectivity index (χ0v) is 10.3. The summed E-state index contributed by atoms with van der Waals surface area (Å²) in [5.74, 6) is -2.30. The largest absolute Gasteiger partial charge is 0.481 e. The van der Waals surface area contributed by atoms with E-state index in [0.717, 1.165) is 24.1 Å². The molecule has 4 nitrogen and oxygen atoms in total. The molecule has 0 radical (unpaired) electrons. The highest BCUT2D eigenvalue weighted by atomic mass is 19.1. The fraction of sp³-hybridized carbons (Fsp3) is 0.429. The molecular formula is C14H14FNO3. The number of halogens is 1. The number of aliphatic carboxylic acids is 1. The minimum absolute atomic E-state index is 0.139. The van der Waals surface area contributed by atoms with Crippen molar-refractivity contribution >= 4 is 17.6 Å². The fourth-order valence-electron chi connectivity index (χ4n) is 2.74. The average Bonchev–Trinajstić information content (AvgIpc) is 3.17. The lowest BCUT2D eigenvalue weighted by Gasteiger charge is -2.29. The van der Waals surface area contributed by atoms with Gasteiger partial charge in [-0.2, -0.15) is 0 Å². The Labute approximate surface area is 109 Å². The normalized spacial score (nSPS) is 24.8. The summed E-state index contributed by atoms with van der Waals surface area (Å²) in [7, 11) is 0. The van der Waals surface area contributed by atoms with Crippen LogP contribution in [0.4, 0.5) is 10.1 Å². The number of nitrogens with zero attached hydrogens (tertiary/aromatic N) is 1. The summed E-state index contributed by atoms with van der Waals surface area (Å²) in [5.41, 5.74) is 1.56. The molecule has 0 spiro atoms. The molecule has 0 bridgehead atoms. The number of carboxylic acid groups (broad SMARTS) is 1. The highest BCUT2D eigenvalue weighted by Crippen LogP contribution is 2.42. The SMILES string of the molecule is O=C(O)[C@@H]1C[C@@H]1C(=O)N1CCCc2cc(F)ccc21. The molecule has 1 aliphatic heterocycles. The first-order valence-corrected chi connectivity index (χ1v) is 6.40. The van der Waals surface area contributed by atoms with Crippen molar-refractivity contribution in [2.24, 2.45) is 11.8 Å². The highest BCUT2D eigenvalue weighted by molar-refractivity contribution is 6.00. The van der Waals surface area contributed by atoms with Crippen molar-refractivity contribution in [1.82, 2.24) is 0 Å². The maximum Gasteiger partial charge on any atom is 0.307 e. The number of hydrogen-bond acceptors (Lipinski definition) is 2. The van der Waals surface area contributed by atoms with E-state index in [1.54, 1.807) is 11.0 Å². The van der Waals surface area contributed by atoms with Gasteiger partial charge in [0.1, 0.15) is 5.82 Å². The first kappa shape index (κ1) is 12.1. The first-order valence-electron chi connectivity index (χ1n) is 6.40. The van der Waals surface area contributed by atoms with Crippen molar-refractivity contribution in [3.05, 3.63) is 29.6 Å². The smallest absolute Gasteiger partial charge is 0.307 e.